The molecule has 1 aromatic heterocycles. The predicted octanol–water partition coefficient (Wildman–Crippen LogP) is 2.82. The smallest absolute Gasteiger partial charge is 0.0703 e. The highest BCUT2D eigenvalue weighted by molar-refractivity contribution is 6.30. The SMILES string of the molecule is Cc1ccc(Cl)cc1-n1ccc(C2(CN)CC2)n1. The molecule has 1 saturated carbocycles. The number of hydrogen-bond acceptors (Lipinski definition) is 2. The quantitative estimate of drug-likeness (QED) is 0.923. The Morgan fingerprint density at radius 3 is 2.83 bits per heavy atom. The van der Waals surface area contributed by atoms with Gasteiger partial charge >= 0.3 is 0 Å². The van der Waals surface area contributed by atoms with Gasteiger partial charge in [0.2, 0.25) is 0 Å². The monoisotopic (exact) mass is 261 g/mol. The first kappa shape index (κ1) is 11.8. The van der Waals surface area contributed by atoms with Crippen molar-refractivity contribution in [2.45, 2.75) is 25.2 Å². The van der Waals surface area contributed by atoms with E-state index in [4.69, 9.17) is 17.3 Å². The number of aromatic nitrogens is 2. The molecule has 18 heavy (non-hydrogen) atoms. The van der Waals surface area contributed by atoms with Crippen LogP contribution in [0.15, 0.2) is 30.5 Å². The molecule has 1 aromatic carbocycles. The lowest BCUT2D eigenvalue weighted by Gasteiger charge is -2.09. The van der Waals surface area contributed by atoms with Crippen molar-refractivity contribution in [3.63, 3.8) is 0 Å². The third-order valence-corrected chi connectivity index (χ3v) is 4.03. The van der Waals surface area contributed by atoms with Crippen LogP contribution in [0.4, 0.5) is 0 Å². The Morgan fingerprint density at radius 2 is 2.17 bits per heavy atom. The molecular formula is C14H16ClN3. The number of halogens is 1. The molecule has 1 heterocycles. The van der Waals surface area contributed by atoms with E-state index in [1.165, 1.54) is 0 Å². The van der Waals surface area contributed by atoms with E-state index in [-0.39, 0.29) is 5.41 Å². The van der Waals surface area contributed by atoms with E-state index >= 15 is 0 Å². The molecule has 3 nitrogen and oxygen atoms in total. The van der Waals surface area contributed by atoms with Gasteiger partial charge in [0.1, 0.15) is 0 Å². The molecule has 0 radical (unpaired) electrons. The number of nitrogens with two attached hydrogens (primary N) is 1. The Bertz CT molecular complexity index is 584. The van der Waals surface area contributed by atoms with Gasteiger partial charge in [-0.2, -0.15) is 5.10 Å². The van der Waals surface area contributed by atoms with Crippen molar-refractivity contribution in [3.8, 4) is 5.69 Å². The van der Waals surface area contributed by atoms with Crippen LogP contribution >= 0.6 is 11.6 Å². The van der Waals surface area contributed by atoms with Crippen LogP contribution in [-0.2, 0) is 5.41 Å². The minimum Gasteiger partial charge on any atom is -0.330 e. The molecule has 0 saturated heterocycles. The van der Waals surface area contributed by atoms with Crippen molar-refractivity contribution in [2.24, 2.45) is 5.73 Å². The zero-order valence-corrected chi connectivity index (χ0v) is 11.1. The van der Waals surface area contributed by atoms with Crippen molar-refractivity contribution < 1.29 is 0 Å². The Labute approximate surface area is 112 Å². The largest absolute Gasteiger partial charge is 0.330 e. The van der Waals surface area contributed by atoms with E-state index in [1.807, 2.05) is 29.1 Å². The second kappa shape index (κ2) is 4.11. The first-order chi connectivity index (χ1) is 8.64. The second-order valence-electron chi connectivity index (χ2n) is 5.06. The van der Waals surface area contributed by atoms with Gasteiger partial charge in [0, 0.05) is 23.2 Å². The molecule has 0 spiro atoms. The minimum absolute atomic E-state index is 0.137. The molecule has 1 aliphatic rings. The summed E-state index contributed by atoms with van der Waals surface area (Å²) in [4.78, 5) is 0. The fraction of sp³-hybridized carbons (Fsp3) is 0.357. The number of hydrogen-bond donors (Lipinski definition) is 1. The van der Waals surface area contributed by atoms with E-state index in [1.54, 1.807) is 0 Å². The van der Waals surface area contributed by atoms with Crippen molar-refractivity contribution in [1.29, 1.82) is 0 Å². The van der Waals surface area contributed by atoms with E-state index in [9.17, 15) is 0 Å². The summed E-state index contributed by atoms with van der Waals surface area (Å²) >= 11 is 6.04. The van der Waals surface area contributed by atoms with Gasteiger partial charge in [-0.05, 0) is 43.5 Å². The average molecular weight is 262 g/mol. The van der Waals surface area contributed by atoms with Gasteiger partial charge < -0.3 is 5.73 Å². The van der Waals surface area contributed by atoms with Crippen molar-refractivity contribution >= 4 is 11.6 Å². The first-order valence-electron chi connectivity index (χ1n) is 6.17. The normalized spacial score (nSPS) is 16.8. The van der Waals surface area contributed by atoms with Crippen LogP contribution in [0, 0.1) is 6.92 Å². The summed E-state index contributed by atoms with van der Waals surface area (Å²) in [5.74, 6) is 0. The maximum Gasteiger partial charge on any atom is 0.0703 e. The molecule has 0 unspecified atom stereocenters. The van der Waals surface area contributed by atoms with Crippen LogP contribution in [0.2, 0.25) is 5.02 Å². The molecule has 1 fully saturated rings. The summed E-state index contributed by atoms with van der Waals surface area (Å²) < 4.78 is 1.90. The van der Waals surface area contributed by atoms with Crippen LogP contribution in [0.5, 0.6) is 0 Å². The van der Waals surface area contributed by atoms with E-state index in [2.05, 4.69) is 18.1 Å². The summed E-state index contributed by atoms with van der Waals surface area (Å²) in [5, 5.41) is 5.39. The highest BCUT2D eigenvalue weighted by Crippen LogP contribution is 2.46. The Balaban J connectivity index is 2.00. The molecule has 4 heteroatoms. The van der Waals surface area contributed by atoms with Gasteiger partial charge in [-0.25, -0.2) is 4.68 Å². The lowest BCUT2D eigenvalue weighted by atomic mass is 10.0. The van der Waals surface area contributed by atoms with E-state index in [0.29, 0.717) is 6.54 Å². The summed E-state index contributed by atoms with van der Waals surface area (Å²) in [6.45, 7) is 2.74. The van der Waals surface area contributed by atoms with Gasteiger partial charge in [-0.3, -0.25) is 0 Å². The zero-order valence-electron chi connectivity index (χ0n) is 10.4. The van der Waals surface area contributed by atoms with Crippen LogP contribution < -0.4 is 5.73 Å². The first-order valence-corrected chi connectivity index (χ1v) is 6.55. The third kappa shape index (κ3) is 1.84. The number of aryl methyl sites for hydroxylation is 1. The molecule has 1 aliphatic carbocycles. The summed E-state index contributed by atoms with van der Waals surface area (Å²) in [5.41, 5.74) is 9.26. The van der Waals surface area contributed by atoms with Gasteiger partial charge in [-0.15, -0.1) is 0 Å². The van der Waals surface area contributed by atoms with Crippen LogP contribution in [0.3, 0.4) is 0 Å². The van der Waals surface area contributed by atoms with Gasteiger partial charge in [0.05, 0.1) is 11.4 Å². The fourth-order valence-electron chi connectivity index (χ4n) is 2.29. The molecular weight excluding hydrogens is 246 g/mol. The van der Waals surface area contributed by atoms with Gasteiger partial charge in [0.25, 0.3) is 0 Å². The van der Waals surface area contributed by atoms with Crippen molar-refractivity contribution in [1.82, 2.24) is 9.78 Å². The minimum atomic E-state index is 0.137. The second-order valence-corrected chi connectivity index (χ2v) is 5.50. The summed E-state index contributed by atoms with van der Waals surface area (Å²) in [6, 6.07) is 7.91. The fourth-order valence-corrected chi connectivity index (χ4v) is 2.45. The highest BCUT2D eigenvalue weighted by atomic mass is 35.5. The molecule has 0 atom stereocenters. The standard InChI is InChI=1S/C14H16ClN3/c1-10-2-3-11(15)8-12(10)18-7-4-13(17-18)14(9-16)5-6-14/h2-4,7-8H,5-6,9,16H2,1H3. The third-order valence-electron chi connectivity index (χ3n) is 3.79. The molecule has 0 amide bonds. The predicted molar refractivity (Wildman–Crippen MR) is 73.3 cm³/mol. The van der Waals surface area contributed by atoms with Crippen molar-refractivity contribution in [2.75, 3.05) is 6.54 Å². The van der Waals surface area contributed by atoms with Gasteiger partial charge in [0.15, 0.2) is 0 Å². The van der Waals surface area contributed by atoms with Crippen molar-refractivity contribution in [3.05, 3.63) is 46.7 Å². The Morgan fingerprint density at radius 1 is 1.39 bits per heavy atom. The maximum atomic E-state index is 6.04. The van der Waals surface area contributed by atoms with Crippen LogP contribution in [-0.4, -0.2) is 16.3 Å². The number of benzene rings is 1. The Hall–Kier alpha value is -1.32. The zero-order chi connectivity index (χ0) is 12.8. The average Bonchev–Trinajstić information content (AvgIpc) is 3.02. The molecule has 0 aliphatic heterocycles. The molecule has 2 N–H and O–H groups in total. The van der Waals surface area contributed by atoms with E-state index < -0.39 is 0 Å². The maximum absolute atomic E-state index is 6.04. The Kier molecular flexibility index (Phi) is 2.68. The number of nitrogens with zero attached hydrogens (tertiary/aromatic N) is 2. The number of rotatable bonds is 3. The summed E-state index contributed by atoms with van der Waals surface area (Å²) in [6.07, 6.45) is 4.29. The molecule has 3 rings (SSSR count). The molecule has 94 valence electrons. The topological polar surface area (TPSA) is 43.8 Å². The van der Waals surface area contributed by atoms with E-state index in [0.717, 1.165) is 34.8 Å². The lowest BCUT2D eigenvalue weighted by Crippen LogP contribution is -2.20. The van der Waals surface area contributed by atoms with Crippen LogP contribution in [0.1, 0.15) is 24.1 Å². The highest BCUT2D eigenvalue weighted by Gasteiger charge is 2.44. The van der Waals surface area contributed by atoms with Gasteiger partial charge in [-0.1, -0.05) is 17.7 Å². The van der Waals surface area contributed by atoms with Crippen LogP contribution in [0.25, 0.3) is 5.69 Å². The summed E-state index contributed by atoms with van der Waals surface area (Å²) in [7, 11) is 0. The molecule has 0 bridgehead atoms. The molecule has 2 aromatic rings. The lowest BCUT2D eigenvalue weighted by molar-refractivity contribution is 0.661.